The van der Waals surface area contributed by atoms with E-state index in [2.05, 4.69) is 36.5 Å². The molecule has 2 aromatic heterocycles. The fourth-order valence-electron chi connectivity index (χ4n) is 3.44. The molecule has 0 aliphatic rings. The number of benzene rings is 2. The number of ether oxygens (including phenoxy) is 2. The molecule has 0 aliphatic heterocycles. The number of methoxy groups -OCH3 is 2. The lowest BCUT2D eigenvalue weighted by atomic mass is 10.1. The van der Waals surface area contributed by atoms with E-state index < -0.39 is 0 Å². The van der Waals surface area contributed by atoms with Crippen LogP contribution in [-0.2, 0) is 12.8 Å². The number of aryl methyl sites for hydroxylation is 1. The van der Waals surface area contributed by atoms with Crippen LogP contribution >= 0.6 is 11.3 Å². The molecular formula is C24H25N3O2S. The summed E-state index contributed by atoms with van der Waals surface area (Å²) in [5.74, 6) is 3.23. The molecule has 0 amide bonds. The molecule has 0 fully saturated rings. The molecule has 5 nitrogen and oxygen atoms in total. The summed E-state index contributed by atoms with van der Waals surface area (Å²) in [6.45, 7) is 2.87. The van der Waals surface area contributed by atoms with E-state index in [1.807, 2.05) is 30.3 Å². The molecule has 4 rings (SSSR count). The third-order valence-corrected chi connectivity index (χ3v) is 5.87. The SMILES string of the molecule is COc1ccc(CCNc2nc(Cc3ccccc3)nc3sc(C)cc23)cc1OC. The van der Waals surface area contributed by atoms with Gasteiger partial charge in [0.2, 0.25) is 0 Å². The summed E-state index contributed by atoms with van der Waals surface area (Å²) in [5.41, 5.74) is 2.39. The maximum absolute atomic E-state index is 5.41. The highest BCUT2D eigenvalue weighted by atomic mass is 32.1. The van der Waals surface area contributed by atoms with E-state index >= 15 is 0 Å². The number of thiophene rings is 1. The van der Waals surface area contributed by atoms with Gasteiger partial charge >= 0.3 is 0 Å². The molecule has 154 valence electrons. The normalized spacial score (nSPS) is 10.9. The second-order valence-electron chi connectivity index (χ2n) is 7.09. The van der Waals surface area contributed by atoms with Crippen LogP contribution in [0.15, 0.2) is 54.6 Å². The van der Waals surface area contributed by atoms with Crippen molar-refractivity contribution in [3.8, 4) is 11.5 Å². The number of nitrogens with one attached hydrogen (secondary N) is 1. The number of nitrogens with zero attached hydrogens (tertiary/aromatic N) is 2. The van der Waals surface area contributed by atoms with E-state index in [1.165, 1.54) is 16.0 Å². The van der Waals surface area contributed by atoms with E-state index in [-0.39, 0.29) is 0 Å². The molecule has 1 N–H and O–H groups in total. The first-order chi connectivity index (χ1) is 14.7. The molecule has 2 heterocycles. The van der Waals surface area contributed by atoms with Crippen LogP contribution < -0.4 is 14.8 Å². The summed E-state index contributed by atoms with van der Waals surface area (Å²) in [6.07, 6.45) is 1.57. The molecule has 30 heavy (non-hydrogen) atoms. The smallest absolute Gasteiger partial charge is 0.160 e. The third kappa shape index (κ3) is 4.54. The molecular weight excluding hydrogens is 394 g/mol. The van der Waals surface area contributed by atoms with Gasteiger partial charge < -0.3 is 14.8 Å². The molecule has 0 saturated heterocycles. The van der Waals surface area contributed by atoms with Gasteiger partial charge in [-0.15, -0.1) is 11.3 Å². The second kappa shape index (κ2) is 9.13. The molecule has 2 aromatic carbocycles. The molecule has 0 unspecified atom stereocenters. The van der Waals surface area contributed by atoms with Crippen molar-refractivity contribution in [1.82, 2.24) is 9.97 Å². The minimum absolute atomic E-state index is 0.720. The largest absolute Gasteiger partial charge is 0.493 e. The molecule has 0 radical (unpaired) electrons. The van der Waals surface area contributed by atoms with Crippen LogP contribution in [0.25, 0.3) is 10.2 Å². The molecule has 6 heteroatoms. The average molecular weight is 420 g/mol. The first-order valence-corrected chi connectivity index (χ1v) is 10.7. The van der Waals surface area contributed by atoms with Gasteiger partial charge in [0.25, 0.3) is 0 Å². The fraction of sp³-hybridized carbons (Fsp3) is 0.250. The van der Waals surface area contributed by atoms with Crippen LogP contribution in [0.2, 0.25) is 0 Å². The van der Waals surface area contributed by atoms with E-state index in [1.54, 1.807) is 25.6 Å². The van der Waals surface area contributed by atoms with Crippen molar-refractivity contribution in [2.24, 2.45) is 0 Å². The zero-order valence-electron chi connectivity index (χ0n) is 17.4. The van der Waals surface area contributed by atoms with Gasteiger partial charge in [-0.05, 0) is 42.7 Å². The van der Waals surface area contributed by atoms with E-state index in [4.69, 9.17) is 19.4 Å². The first kappa shape index (κ1) is 20.2. The van der Waals surface area contributed by atoms with Crippen LogP contribution in [0.3, 0.4) is 0 Å². The summed E-state index contributed by atoms with van der Waals surface area (Å²) in [6, 6.07) is 18.5. The van der Waals surface area contributed by atoms with E-state index in [0.717, 1.165) is 52.7 Å². The van der Waals surface area contributed by atoms with Crippen molar-refractivity contribution in [1.29, 1.82) is 0 Å². The summed E-state index contributed by atoms with van der Waals surface area (Å²) >= 11 is 1.71. The van der Waals surface area contributed by atoms with Crippen molar-refractivity contribution in [2.75, 3.05) is 26.1 Å². The van der Waals surface area contributed by atoms with Gasteiger partial charge in [-0.2, -0.15) is 0 Å². The Hall–Kier alpha value is -3.12. The summed E-state index contributed by atoms with van der Waals surface area (Å²) in [7, 11) is 3.31. The van der Waals surface area contributed by atoms with Crippen LogP contribution in [0.4, 0.5) is 5.82 Å². The Bertz CT molecular complexity index is 1140. The van der Waals surface area contributed by atoms with Crippen molar-refractivity contribution >= 4 is 27.4 Å². The monoisotopic (exact) mass is 419 g/mol. The Morgan fingerprint density at radius 2 is 1.70 bits per heavy atom. The Kier molecular flexibility index (Phi) is 6.14. The molecule has 0 bridgehead atoms. The van der Waals surface area contributed by atoms with Crippen LogP contribution in [-0.4, -0.2) is 30.7 Å². The summed E-state index contributed by atoms with van der Waals surface area (Å²) in [4.78, 5) is 11.9. The zero-order valence-corrected chi connectivity index (χ0v) is 18.3. The van der Waals surface area contributed by atoms with Crippen molar-refractivity contribution < 1.29 is 9.47 Å². The maximum atomic E-state index is 5.41. The first-order valence-electron chi connectivity index (χ1n) is 9.92. The summed E-state index contributed by atoms with van der Waals surface area (Å²) < 4.78 is 10.7. The summed E-state index contributed by atoms with van der Waals surface area (Å²) in [5, 5.41) is 4.61. The van der Waals surface area contributed by atoms with Gasteiger partial charge in [-0.3, -0.25) is 0 Å². The lowest BCUT2D eigenvalue weighted by molar-refractivity contribution is 0.354. The van der Waals surface area contributed by atoms with Crippen molar-refractivity contribution in [3.63, 3.8) is 0 Å². The van der Waals surface area contributed by atoms with Gasteiger partial charge in [-0.1, -0.05) is 36.4 Å². The Balaban J connectivity index is 1.53. The highest BCUT2D eigenvalue weighted by Gasteiger charge is 2.11. The van der Waals surface area contributed by atoms with Gasteiger partial charge in [0.1, 0.15) is 16.5 Å². The molecule has 0 atom stereocenters. The number of rotatable bonds is 8. The highest BCUT2D eigenvalue weighted by molar-refractivity contribution is 7.18. The number of anilines is 1. The highest BCUT2D eigenvalue weighted by Crippen LogP contribution is 2.30. The molecule has 0 aliphatic carbocycles. The lowest BCUT2D eigenvalue weighted by Gasteiger charge is -2.11. The van der Waals surface area contributed by atoms with Gasteiger partial charge in [0.15, 0.2) is 11.5 Å². The topological polar surface area (TPSA) is 56.3 Å². The van der Waals surface area contributed by atoms with Crippen LogP contribution in [0.5, 0.6) is 11.5 Å². The van der Waals surface area contributed by atoms with Gasteiger partial charge in [0, 0.05) is 17.8 Å². The molecule has 4 aromatic rings. The number of fused-ring (bicyclic) bond motifs is 1. The second-order valence-corrected chi connectivity index (χ2v) is 8.33. The Morgan fingerprint density at radius 1 is 0.900 bits per heavy atom. The van der Waals surface area contributed by atoms with Crippen molar-refractivity contribution in [3.05, 3.63) is 76.4 Å². The van der Waals surface area contributed by atoms with E-state index in [9.17, 15) is 0 Å². The zero-order chi connectivity index (χ0) is 20.9. The quantitative estimate of drug-likeness (QED) is 0.422. The van der Waals surface area contributed by atoms with Crippen molar-refractivity contribution in [2.45, 2.75) is 19.8 Å². The van der Waals surface area contributed by atoms with E-state index in [0.29, 0.717) is 0 Å². The van der Waals surface area contributed by atoms with Gasteiger partial charge in [0.05, 0.1) is 19.6 Å². The fourth-order valence-corrected chi connectivity index (χ4v) is 4.34. The number of hydrogen-bond acceptors (Lipinski definition) is 6. The minimum atomic E-state index is 0.720. The molecule has 0 saturated carbocycles. The minimum Gasteiger partial charge on any atom is -0.493 e. The van der Waals surface area contributed by atoms with Gasteiger partial charge in [-0.25, -0.2) is 9.97 Å². The number of aromatic nitrogens is 2. The third-order valence-electron chi connectivity index (χ3n) is 4.92. The molecule has 0 spiro atoms. The van der Waals surface area contributed by atoms with Crippen LogP contribution in [0, 0.1) is 6.92 Å². The predicted octanol–water partition coefficient (Wildman–Crippen LogP) is 5.26. The maximum Gasteiger partial charge on any atom is 0.160 e. The van der Waals surface area contributed by atoms with Crippen LogP contribution in [0.1, 0.15) is 21.8 Å². The predicted molar refractivity (Wildman–Crippen MR) is 123 cm³/mol. The lowest BCUT2D eigenvalue weighted by Crippen LogP contribution is -2.09. The Morgan fingerprint density at radius 3 is 2.47 bits per heavy atom. The Labute approximate surface area is 180 Å². The average Bonchev–Trinajstić information content (AvgIpc) is 3.14. The number of hydrogen-bond donors (Lipinski definition) is 1. The standard InChI is InChI=1S/C24H25N3O2S/c1-16-13-19-23(25-12-11-18-9-10-20(28-2)21(14-18)29-3)26-22(27-24(19)30-16)15-17-7-5-4-6-8-17/h4-10,13-14H,11-12,15H2,1-3H3,(H,25,26,27).